The van der Waals surface area contributed by atoms with Crippen molar-refractivity contribution in [3.8, 4) is 0 Å². The van der Waals surface area contributed by atoms with Crippen LogP contribution in [0.15, 0.2) is 12.3 Å². The minimum absolute atomic E-state index is 0.0234. The second kappa shape index (κ2) is 5.54. The maximum atomic E-state index is 12.5. The summed E-state index contributed by atoms with van der Waals surface area (Å²) in [6.45, 7) is 1.66. The highest BCUT2D eigenvalue weighted by Crippen LogP contribution is 2.33. The number of hydrogen-bond acceptors (Lipinski definition) is 3. The molecule has 7 heteroatoms. The molecular weight excluding hydrogens is 279 g/mol. The lowest BCUT2D eigenvalue weighted by atomic mass is 10.2. The lowest BCUT2D eigenvalue weighted by Gasteiger charge is -2.23. The first-order valence-corrected chi connectivity index (χ1v) is 6.43. The molecule has 0 amide bonds. The van der Waals surface area contributed by atoms with Crippen molar-refractivity contribution in [3.05, 3.63) is 22.8 Å². The molecule has 1 fully saturated rings. The van der Waals surface area contributed by atoms with E-state index in [9.17, 15) is 13.2 Å². The summed E-state index contributed by atoms with van der Waals surface area (Å²) in [5.74, 6) is 0.378. The highest BCUT2D eigenvalue weighted by Gasteiger charge is 2.32. The van der Waals surface area contributed by atoms with E-state index in [1.165, 1.54) is 0 Å². The molecule has 0 radical (unpaired) electrons. The van der Waals surface area contributed by atoms with Gasteiger partial charge in [0, 0.05) is 25.8 Å². The first-order chi connectivity index (χ1) is 8.88. The van der Waals surface area contributed by atoms with E-state index in [1.54, 1.807) is 11.9 Å². The Morgan fingerprint density at radius 1 is 1.53 bits per heavy atom. The molecule has 1 N–H and O–H groups in total. The zero-order valence-electron chi connectivity index (χ0n) is 10.5. The Kier molecular flexibility index (Phi) is 4.20. The van der Waals surface area contributed by atoms with Gasteiger partial charge in [-0.15, -0.1) is 0 Å². The molecule has 0 spiro atoms. The van der Waals surface area contributed by atoms with Crippen LogP contribution in [0.4, 0.5) is 19.0 Å². The highest BCUT2D eigenvalue weighted by atomic mass is 35.5. The van der Waals surface area contributed by atoms with Gasteiger partial charge in [0.15, 0.2) is 0 Å². The van der Waals surface area contributed by atoms with Crippen LogP contribution in [0, 0.1) is 0 Å². The molecule has 0 aliphatic carbocycles. The Bertz CT molecular complexity index is 444. The second-order valence-electron chi connectivity index (χ2n) is 4.70. The van der Waals surface area contributed by atoms with E-state index < -0.39 is 11.7 Å². The highest BCUT2D eigenvalue weighted by molar-refractivity contribution is 6.33. The molecule has 1 saturated heterocycles. The number of rotatable bonds is 3. The normalized spacial score (nSPS) is 19.7. The zero-order valence-corrected chi connectivity index (χ0v) is 11.2. The van der Waals surface area contributed by atoms with E-state index >= 15 is 0 Å². The topological polar surface area (TPSA) is 28.2 Å². The lowest BCUT2D eigenvalue weighted by molar-refractivity contribution is -0.137. The van der Waals surface area contributed by atoms with Gasteiger partial charge in [-0.1, -0.05) is 11.6 Å². The minimum Gasteiger partial charge on any atom is -0.357 e. The number of aromatic nitrogens is 1. The van der Waals surface area contributed by atoms with E-state index in [-0.39, 0.29) is 5.02 Å². The molecular formula is C12H15ClF3N3. The number of hydrogen-bond donors (Lipinski definition) is 1. The molecule has 2 rings (SSSR count). The summed E-state index contributed by atoms with van der Waals surface area (Å²) in [6.07, 6.45) is -1.42. The number of likely N-dealkylation sites (N-methyl/N-ethyl adjacent to an activating group) is 1. The van der Waals surface area contributed by atoms with Gasteiger partial charge in [0.1, 0.15) is 5.82 Å². The fraction of sp³-hybridized carbons (Fsp3) is 0.583. The van der Waals surface area contributed by atoms with Gasteiger partial charge >= 0.3 is 6.18 Å². The summed E-state index contributed by atoms with van der Waals surface area (Å²) in [7, 11) is 1.78. The Balaban J connectivity index is 2.11. The molecule has 3 nitrogen and oxygen atoms in total. The van der Waals surface area contributed by atoms with Gasteiger partial charge in [0.2, 0.25) is 0 Å². The first kappa shape index (κ1) is 14.4. The largest absolute Gasteiger partial charge is 0.417 e. The van der Waals surface area contributed by atoms with Crippen LogP contribution in [0.1, 0.15) is 18.4 Å². The van der Waals surface area contributed by atoms with Crippen LogP contribution in [-0.2, 0) is 6.18 Å². The predicted octanol–water partition coefficient (Wildman–Crippen LogP) is 2.94. The van der Waals surface area contributed by atoms with Gasteiger partial charge in [-0.25, -0.2) is 4.98 Å². The van der Waals surface area contributed by atoms with Crippen LogP contribution >= 0.6 is 11.6 Å². The molecule has 1 aliphatic rings. The standard InChI is InChI=1S/C12H15ClF3N3/c1-19(7-9-3-2-4-17-9)11-10(13)5-8(6-18-11)12(14,15)16/h5-6,9,17H,2-4,7H2,1H3/t9-/m1/s1. The second-order valence-corrected chi connectivity index (χ2v) is 5.11. The first-order valence-electron chi connectivity index (χ1n) is 6.05. The third kappa shape index (κ3) is 3.51. The van der Waals surface area contributed by atoms with Gasteiger partial charge in [0.05, 0.1) is 10.6 Å². The van der Waals surface area contributed by atoms with Crippen LogP contribution in [0.3, 0.4) is 0 Å². The number of halogens is 4. The quantitative estimate of drug-likeness (QED) is 0.929. The van der Waals surface area contributed by atoms with Crippen molar-refractivity contribution in [2.45, 2.75) is 25.1 Å². The summed E-state index contributed by atoms with van der Waals surface area (Å²) in [6, 6.07) is 1.26. The van der Waals surface area contributed by atoms with E-state index in [2.05, 4.69) is 10.3 Å². The summed E-state index contributed by atoms with van der Waals surface area (Å²) in [5, 5.41) is 3.34. The Morgan fingerprint density at radius 3 is 2.79 bits per heavy atom. The Morgan fingerprint density at radius 2 is 2.26 bits per heavy atom. The van der Waals surface area contributed by atoms with Crippen LogP contribution in [-0.4, -0.2) is 31.2 Å². The van der Waals surface area contributed by atoms with Crippen molar-refractivity contribution < 1.29 is 13.2 Å². The van der Waals surface area contributed by atoms with Gasteiger partial charge in [0.25, 0.3) is 0 Å². The fourth-order valence-electron chi connectivity index (χ4n) is 2.20. The van der Waals surface area contributed by atoms with Crippen LogP contribution in [0.2, 0.25) is 5.02 Å². The smallest absolute Gasteiger partial charge is 0.357 e. The summed E-state index contributed by atoms with van der Waals surface area (Å²) in [4.78, 5) is 5.62. The molecule has 0 aromatic carbocycles. The average Bonchev–Trinajstić information content (AvgIpc) is 2.80. The van der Waals surface area contributed by atoms with Crippen molar-refractivity contribution in [1.82, 2.24) is 10.3 Å². The van der Waals surface area contributed by atoms with E-state index in [0.717, 1.165) is 31.6 Å². The number of nitrogens with one attached hydrogen (secondary N) is 1. The Labute approximate surface area is 114 Å². The van der Waals surface area contributed by atoms with Crippen molar-refractivity contribution >= 4 is 17.4 Å². The van der Waals surface area contributed by atoms with Gasteiger partial charge in [-0.05, 0) is 25.5 Å². The molecule has 0 unspecified atom stereocenters. The average molecular weight is 294 g/mol. The van der Waals surface area contributed by atoms with Crippen molar-refractivity contribution in [3.63, 3.8) is 0 Å². The van der Waals surface area contributed by atoms with E-state index in [0.29, 0.717) is 18.4 Å². The molecule has 19 heavy (non-hydrogen) atoms. The monoisotopic (exact) mass is 293 g/mol. The van der Waals surface area contributed by atoms with Crippen LogP contribution in [0.5, 0.6) is 0 Å². The molecule has 0 saturated carbocycles. The van der Waals surface area contributed by atoms with Crippen molar-refractivity contribution in [1.29, 1.82) is 0 Å². The molecule has 2 heterocycles. The molecule has 1 aliphatic heterocycles. The molecule has 0 bridgehead atoms. The number of nitrogens with zero attached hydrogens (tertiary/aromatic N) is 2. The van der Waals surface area contributed by atoms with Crippen molar-refractivity contribution in [2.75, 3.05) is 25.0 Å². The summed E-state index contributed by atoms with van der Waals surface area (Å²) < 4.78 is 37.5. The maximum Gasteiger partial charge on any atom is 0.417 e. The van der Waals surface area contributed by atoms with Gasteiger partial charge in [-0.3, -0.25) is 0 Å². The third-order valence-corrected chi connectivity index (χ3v) is 3.45. The number of alkyl halides is 3. The number of anilines is 1. The zero-order chi connectivity index (χ0) is 14.0. The van der Waals surface area contributed by atoms with Gasteiger partial charge < -0.3 is 10.2 Å². The Hall–Kier alpha value is -1.01. The SMILES string of the molecule is CN(C[C@H]1CCCN1)c1ncc(C(F)(F)F)cc1Cl. The van der Waals surface area contributed by atoms with Gasteiger partial charge in [-0.2, -0.15) is 13.2 Å². The summed E-state index contributed by atoms with van der Waals surface area (Å²) in [5.41, 5.74) is -0.825. The summed E-state index contributed by atoms with van der Waals surface area (Å²) >= 11 is 5.89. The van der Waals surface area contributed by atoms with E-state index in [4.69, 9.17) is 11.6 Å². The molecule has 106 valence electrons. The lowest BCUT2D eigenvalue weighted by Crippen LogP contribution is -2.35. The predicted molar refractivity (Wildman–Crippen MR) is 68.5 cm³/mol. The molecule has 1 aromatic rings. The third-order valence-electron chi connectivity index (χ3n) is 3.17. The molecule has 1 atom stereocenters. The fourth-order valence-corrected chi connectivity index (χ4v) is 2.51. The van der Waals surface area contributed by atoms with Crippen LogP contribution < -0.4 is 10.2 Å². The number of pyridine rings is 1. The minimum atomic E-state index is -4.42. The molecule has 1 aromatic heterocycles. The van der Waals surface area contributed by atoms with Crippen molar-refractivity contribution in [2.24, 2.45) is 0 Å². The van der Waals surface area contributed by atoms with Crippen LogP contribution in [0.25, 0.3) is 0 Å². The maximum absolute atomic E-state index is 12.5. The van der Waals surface area contributed by atoms with E-state index in [1.807, 2.05) is 0 Å².